The van der Waals surface area contributed by atoms with Gasteiger partial charge in [0, 0.05) is 81.6 Å². The minimum absolute atomic E-state index is 0.0316. The number of fused-ring (bicyclic) bond motifs is 3. The van der Waals surface area contributed by atoms with Crippen LogP contribution in [0, 0.1) is 23.0 Å². The highest BCUT2D eigenvalue weighted by Gasteiger charge is 2.46. The molecule has 382 valence electrons. The molecule has 6 aromatic rings. The van der Waals surface area contributed by atoms with E-state index in [1.165, 1.54) is 17.7 Å². The Morgan fingerprint density at radius 1 is 0.945 bits per heavy atom. The Balaban J connectivity index is 0.686. The van der Waals surface area contributed by atoms with Gasteiger partial charge in [-0.15, -0.1) is 0 Å². The average Bonchev–Trinajstić information content (AvgIpc) is 4.08. The Morgan fingerprint density at radius 2 is 1.75 bits per heavy atom. The largest absolute Gasteiger partial charge is 0.508 e. The van der Waals surface area contributed by atoms with Gasteiger partial charge in [0.15, 0.2) is 5.82 Å². The number of likely N-dealkylation sites (tertiary alicyclic amines) is 2. The van der Waals surface area contributed by atoms with Gasteiger partial charge in [-0.25, -0.2) is 8.78 Å². The summed E-state index contributed by atoms with van der Waals surface area (Å²) in [6.07, 6.45) is 11.8. The van der Waals surface area contributed by atoms with E-state index >= 15 is 8.78 Å². The molecule has 3 aromatic carbocycles. The van der Waals surface area contributed by atoms with Crippen molar-refractivity contribution in [2.75, 3.05) is 63.9 Å². The number of aromatic nitrogens is 5. The molecule has 3 amide bonds. The van der Waals surface area contributed by atoms with Crippen LogP contribution in [0.5, 0.6) is 11.8 Å². The summed E-state index contributed by atoms with van der Waals surface area (Å²) in [7, 11) is 1.90. The first-order valence-corrected chi connectivity index (χ1v) is 26.5. The SMILES string of the molecule is CCc1c(F)ccc2cc(O)cc(-c3ncc4c(N5CCCC6(CCO6)C5)nc(OCC5(CN6CCC(CC(=O)N7CCC(c8ccc9c(C%10CCC(=O)NC%10=O)nn(C)c9c8)CC7)CC6)CC5)nc4c3F)c12. The van der Waals surface area contributed by atoms with Crippen LogP contribution in [-0.4, -0.2) is 122 Å². The maximum absolute atomic E-state index is 17.2. The van der Waals surface area contributed by atoms with Crippen molar-refractivity contribution in [3.05, 3.63) is 77.1 Å². The third kappa shape index (κ3) is 9.03. The van der Waals surface area contributed by atoms with Crippen LogP contribution in [0.15, 0.2) is 48.7 Å². The summed E-state index contributed by atoms with van der Waals surface area (Å²) in [4.78, 5) is 59.2. The first-order valence-electron chi connectivity index (χ1n) is 26.5. The maximum atomic E-state index is 17.2. The Kier molecular flexibility index (Phi) is 12.3. The van der Waals surface area contributed by atoms with Gasteiger partial charge in [0.1, 0.15) is 28.6 Å². The highest BCUT2D eigenvalue weighted by atomic mass is 19.1. The number of nitrogens with one attached hydrogen (secondary N) is 1. The Labute approximate surface area is 422 Å². The van der Waals surface area contributed by atoms with E-state index in [-0.39, 0.29) is 51.7 Å². The Hall–Kier alpha value is -6.33. The van der Waals surface area contributed by atoms with Crippen molar-refractivity contribution in [2.45, 2.75) is 108 Å². The molecule has 3 aromatic heterocycles. The van der Waals surface area contributed by atoms with Crippen LogP contribution in [0.3, 0.4) is 0 Å². The molecular formula is C56H63F2N9O6. The molecule has 2 atom stereocenters. The molecule has 0 radical (unpaired) electrons. The van der Waals surface area contributed by atoms with Crippen molar-refractivity contribution in [1.29, 1.82) is 0 Å². The van der Waals surface area contributed by atoms with Gasteiger partial charge < -0.3 is 29.3 Å². The molecule has 6 aliphatic rings. The van der Waals surface area contributed by atoms with E-state index in [2.05, 4.69) is 43.2 Å². The molecule has 17 heteroatoms. The molecule has 8 heterocycles. The second-order valence-corrected chi connectivity index (χ2v) is 21.9. The standard InChI is InChI=1S/C56H63F2N9O6/c1-3-38-43(57)9-6-36-26-37(68)28-41(47(36)38)50-48(58)51-42(29-59-50)52(67-19-4-15-56(31-67)18-24-73-56)62-54(61-51)72-32-55(16-17-55)30-65-20-11-33(12-21-65)25-46(70)66-22-13-34(14-23-66)35-5-7-39-44(27-35)64(2)63-49(39)40-8-10-45(69)60-53(40)71/h5-7,9,26-29,33-34,40,68H,3-4,8,10-25,30-32H2,1-2H3,(H,60,69,71). The number of carbonyl (C=O) groups is 3. The Bertz CT molecular complexity index is 3170. The van der Waals surface area contributed by atoms with Crippen molar-refractivity contribution in [2.24, 2.45) is 18.4 Å². The topological polar surface area (TPSA) is 168 Å². The van der Waals surface area contributed by atoms with Gasteiger partial charge in [-0.05, 0) is 135 Å². The molecule has 73 heavy (non-hydrogen) atoms. The number of piperidine rings is 4. The third-order valence-electron chi connectivity index (χ3n) is 17.2. The average molecular weight is 996 g/mol. The molecular weight excluding hydrogens is 933 g/mol. The van der Waals surface area contributed by atoms with Gasteiger partial charge in [0.2, 0.25) is 17.7 Å². The van der Waals surface area contributed by atoms with Gasteiger partial charge in [-0.3, -0.25) is 29.4 Å². The van der Waals surface area contributed by atoms with Crippen LogP contribution >= 0.6 is 0 Å². The zero-order chi connectivity index (χ0) is 50.2. The lowest BCUT2D eigenvalue weighted by Gasteiger charge is -2.48. The fourth-order valence-electron chi connectivity index (χ4n) is 12.7. The molecule has 1 saturated carbocycles. The van der Waals surface area contributed by atoms with Crippen molar-refractivity contribution >= 4 is 56.1 Å². The first-order chi connectivity index (χ1) is 35.3. The fourth-order valence-corrected chi connectivity index (χ4v) is 12.7. The van der Waals surface area contributed by atoms with Gasteiger partial charge in [0.05, 0.1) is 41.3 Å². The summed E-state index contributed by atoms with van der Waals surface area (Å²) in [5.41, 5.74) is 3.31. The fraction of sp³-hybridized carbons (Fsp3) is 0.518. The summed E-state index contributed by atoms with van der Waals surface area (Å²) < 4.78 is 46.9. The van der Waals surface area contributed by atoms with E-state index < -0.39 is 17.6 Å². The maximum Gasteiger partial charge on any atom is 0.319 e. The summed E-state index contributed by atoms with van der Waals surface area (Å²) in [6, 6.07) is 12.4. The van der Waals surface area contributed by atoms with E-state index in [9.17, 15) is 19.5 Å². The van der Waals surface area contributed by atoms with E-state index in [0.29, 0.717) is 90.3 Å². The molecule has 5 aliphatic heterocycles. The number of rotatable bonds is 12. The van der Waals surface area contributed by atoms with Crippen LogP contribution in [0.1, 0.15) is 113 Å². The highest BCUT2D eigenvalue weighted by molar-refractivity contribution is 6.03. The van der Waals surface area contributed by atoms with E-state index in [1.807, 2.05) is 18.7 Å². The lowest BCUT2D eigenvalue weighted by Crippen LogP contribution is -2.56. The number of pyridine rings is 1. The molecule has 2 N–H and O–H groups in total. The molecule has 0 bridgehead atoms. The van der Waals surface area contributed by atoms with Gasteiger partial charge >= 0.3 is 6.01 Å². The zero-order valence-electron chi connectivity index (χ0n) is 41.7. The Morgan fingerprint density at radius 3 is 2.49 bits per heavy atom. The summed E-state index contributed by atoms with van der Waals surface area (Å²) >= 11 is 0. The summed E-state index contributed by atoms with van der Waals surface area (Å²) in [5, 5.41) is 20.4. The van der Waals surface area contributed by atoms with Crippen molar-refractivity contribution in [3.63, 3.8) is 0 Å². The van der Waals surface area contributed by atoms with Crippen molar-refractivity contribution in [3.8, 4) is 23.0 Å². The molecule has 5 saturated heterocycles. The van der Waals surface area contributed by atoms with Gasteiger partial charge in [-0.2, -0.15) is 15.1 Å². The lowest BCUT2D eigenvalue weighted by atomic mass is 9.86. The van der Waals surface area contributed by atoms with Crippen LogP contribution in [0.4, 0.5) is 14.6 Å². The first kappa shape index (κ1) is 47.7. The molecule has 6 fully saturated rings. The minimum atomic E-state index is -0.689. The number of imide groups is 1. The second-order valence-electron chi connectivity index (χ2n) is 21.9. The predicted octanol–water partition coefficient (Wildman–Crippen LogP) is 8.22. The van der Waals surface area contributed by atoms with Crippen LogP contribution < -0.4 is 15.0 Å². The predicted molar refractivity (Wildman–Crippen MR) is 271 cm³/mol. The summed E-state index contributed by atoms with van der Waals surface area (Å²) in [5.74, 6) is -0.674. The number of anilines is 1. The monoisotopic (exact) mass is 995 g/mol. The van der Waals surface area contributed by atoms with Crippen LogP contribution in [-0.2, 0) is 32.6 Å². The molecule has 1 aliphatic carbocycles. The zero-order valence-corrected chi connectivity index (χ0v) is 41.7. The number of hydrogen-bond acceptors (Lipinski definition) is 12. The van der Waals surface area contributed by atoms with Crippen LogP contribution in [0.25, 0.3) is 43.8 Å². The van der Waals surface area contributed by atoms with E-state index in [4.69, 9.17) is 24.5 Å². The third-order valence-corrected chi connectivity index (χ3v) is 17.2. The normalized spacial score (nSPS) is 22.9. The van der Waals surface area contributed by atoms with E-state index in [0.717, 1.165) is 114 Å². The second kappa shape index (κ2) is 18.9. The number of halogens is 2. The number of nitrogens with zero attached hydrogens (tertiary/aromatic N) is 8. The molecule has 2 unspecified atom stereocenters. The lowest BCUT2D eigenvalue weighted by molar-refractivity contribution is -0.151. The number of aryl methyl sites for hydroxylation is 2. The van der Waals surface area contributed by atoms with Gasteiger partial charge in [0.25, 0.3) is 0 Å². The molecule has 1 spiro atoms. The number of amides is 3. The summed E-state index contributed by atoms with van der Waals surface area (Å²) in [6.45, 7) is 8.41. The highest BCUT2D eigenvalue weighted by Crippen LogP contribution is 2.48. The van der Waals surface area contributed by atoms with Crippen molar-refractivity contribution in [1.82, 2.24) is 39.8 Å². The number of hydrogen-bond donors (Lipinski definition) is 2. The minimum Gasteiger partial charge on any atom is -0.508 e. The van der Waals surface area contributed by atoms with E-state index in [1.54, 1.807) is 18.3 Å². The number of carbonyl (C=O) groups excluding carboxylic acids is 3. The smallest absolute Gasteiger partial charge is 0.319 e. The number of aromatic hydroxyl groups is 1. The van der Waals surface area contributed by atoms with Crippen molar-refractivity contribution < 1.29 is 37.7 Å². The molecule has 15 nitrogen and oxygen atoms in total. The molecule has 12 rings (SSSR count). The van der Waals surface area contributed by atoms with Crippen LogP contribution in [0.2, 0.25) is 0 Å². The number of phenolic OH excluding ortho intramolecular Hbond substituents is 1. The number of benzene rings is 3. The van der Waals surface area contributed by atoms with Gasteiger partial charge in [-0.1, -0.05) is 25.1 Å². The quantitative estimate of drug-likeness (QED) is 0.113. The number of ether oxygens (including phenoxy) is 2. The number of phenols is 1.